The van der Waals surface area contributed by atoms with Gasteiger partial charge in [-0.3, -0.25) is 9.98 Å². The van der Waals surface area contributed by atoms with Gasteiger partial charge in [-0.25, -0.2) is 0 Å². The van der Waals surface area contributed by atoms with Crippen LogP contribution in [0.2, 0.25) is 0 Å². The summed E-state index contributed by atoms with van der Waals surface area (Å²) in [5.74, 6) is 0.929. The lowest BCUT2D eigenvalue weighted by Crippen LogP contribution is -2.39. The lowest BCUT2D eigenvalue weighted by atomic mass is 9.83. The van der Waals surface area contributed by atoms with Crippen LogP contribution in [0.1, 0.15) is 50.2 Å². The molecule has 0 aliphatic heterocycles. The van der Waals surface area contributed by atoms with E-state index in [1.807, 2.05) is 12.4 Å². The molecule has 5 nitrogen and oxygen atoms in total. The molecular formula is C20H35IN4O. The van der Waals surface area contributed by atoms with Crippen molar-refractivity contribution in [3.8, 4) is 0 Å². The first-order valence-electron chi connectivity index (χ1n) is 9.60. The van der Waals surface area contributed by atoms with Gasteiger partial charge in [-0.05, 0) is 62.1 Å². The highest BCUT2D eigenvalue weighted by atomic mass is 127. The molecule has 148 valence electrons. The van der Waals surface area contributed by atoms with Gasteiger partial charge in [0.1, 0.15) is 0 Å². The van der Waals surface area contributed by atoms with Crippen LogP contribution in [-0.2, 0) is 11.2 Å². The van der Waals surface area contributed by atoms with E-state index in [-0.39, 0.29) is 24.0 Å². The molecule has 0 spiro atoms. The number of rotatable bonds is 9. The van der Waals surface area contributed by atoms with E-state index >= 15 is 0 Å². The van der Waals surface area contributed by atoms with Gasteiger partial charge >= 0.3 is 0 Å². The second kappa shape index (κ2) is 12.5. The van der Waals surface area contributed by atoms with Crippen molar-refractivity contribution in [2.45, 2.75) is 52.4 Å². The van der Waals surface area contributed by atoms with Crippen LogP contribution in [0.15, 0.2) is 23.5 Å². The smallest absolute Gasteiger partial charge is 0.191 e. The van der Waals surface area contributed by atoms with Crippen LogP contribution in [0.4, 0.5) is 0 Å². The third-order valence-corrected chi connectivity index (χ3v) is 5.24. The zero-order valence-corrected chi connectivity index (χ0v) is 18.8. The van der Waals surface area contributed by atoms with Gasteiger partial charge in [0.15, 0.2) is 5.96 Å². The first kappa shape index (κ1) is 23.1. The third-order valence-electron chi connectivity index (χ3n) is 5.24. The number of nitrogens with zero attached hydrogens (tertiary/aromatic N) is 2. The van der Waals surface area contributed by atoms with E-state index < -0.39 is 0 Å². The number of aryl methyl sites for hydroxylation is 1. The maximum Gasteiger partial charge on any atom is 0.191 e. The first-order chi connectivity index (χ1) is 12.2. The fourth-order valence-electron chi connectivity index (χ4n) is 3.62. The van der Waals surface area contributed by atoms with Crippen molar-refractivity contribution in [3.05, 3.63) is 29.6 Å². The fourth-order valence-corrected chi connectivity index (χ4v) is 3.62. The Labute approximate surface area is 175 Å². The van der Waals surface area contributed by atoms with Crippen molar-refractivity contribution in [2.75, 3.05) is 33.4 Å². The highest BCUT2D eigenvalue weighted by Crippen LogP contribution is 2.41. The molecule has 1 aromatic rings. The van der Waals surface area contributed by atoms with Crippen molar-refractivity contribution in [1.82, 2.24) is 15.6 Å². The quantitative estimate of drug-likeness (QED) is 0.326. The van der Waals surface area contributed by atoms with Crippen molar-refractivity contribution < 1.29 is 4.74 Å². The highest BCUT2D eigenvalue weighted by molar-refractivity contribution is 14.0. The van der Waals surface area contributed by atoms with Crippen LogP contribution in [0.25, 0.3) is 0 Å². The molecule has 0 atom stereocenters. The molecule has 0 saturated heterocycles. The molecule has 1 aromatic heterocycles. The molecule has 1 saturated carbocycles. The Morgan fingerprint density at radius 1 is 1.31 bits per heavy atom. The predicted molar refractivity (Wildman–Crippen MR) is 119 cm³/mol. The number of aromatic nitrogens is 1. The number of aliphatic imine (C=N–C) groups is 1. The largest absolute Gasteiger partial charge is 0.385 e. The average molecular weight is 474 g/mol. The Balaban J connectivity index is 0.00000338. The standard InChI is InChI=1S/C20H34N4O.HI/c1-4-22-19(23-13-8-18-7-12-21-15-17(18)2)24-16-20(11-14-25-3)9-5-6-10-20;/h7,12,15H,4-6,8-11,13-14,16H2,1-3H3,(H2,22,23,24);1H. The van der Waals surface area contributed by atoms with Crippen molar-refractivity contribution >= 4 is 29.9 Å². The van der Waals surface area contributed by atoms with E-state index in [1.54, 1.807) is 7.11 Å². The molecule has 1 fully saturated rings. The van der Waals surface area contributed by atoms with E-state index in [2.05, 4.69) is 35.5 Å². The van der Waals surface area contributed by atoms with Crippen molar-refractivity contribution in [2.24, 2.45) is 10.4 Å². The first-order valence-corrected chi connectivity index (χ1v) is 9.60. The topological polar surface area (TPSA) is 58.5 Å². The number of hydrogen-bond donors (Lipinski definition) is 2. The van der Waals surface area contributed by atoms with Crippen LogP contribution in [0.5, 0.6) is 0 Å². The molecular weight excluding hydrogens is 439 g/mol. The molecule has 0 aromatic carbocycles. The Bertz CT molecular complexity index is 544. The second-order valence-electron chi connectivity index (χ2n) is 7.12. The average Bonchev–Trinajstić information content (AvgIpc) is 3.09. The summed E-state index contributed by atoms with van der Waals surface area (Å²) in [6, 6.07) is 2.10. The lowest BCUT2D eigenvalue weighted by Gasteiger charge is -2.27. The SMILES string of the molecule is CCNC(=NCC1(CCOC)CCCC1)NCCc1ccncc1C.I. The number of halogens is 1. The van der Waals surface area contributed by atoms with E-state index in [9.17, 15) is 0 Å². The maximum absolute atomic E-state index is 5.32. The summed E-state index contributed by atoms with van der Waals surface area (Å²) in [5.41, 5.74) is 2.92. The lowest BCUT2D eigenvalue weighted by molar-refractivity contribution is 0.141. The second-order valence-corrected chi connectivity index (χ2v) is 7.12. The molecule has 0 bridgehead atoms. The van der Waals surface area contributed by atoms with Gasteiger partial charge in [0, 0.05) is 45.7 Å². The number of pyridine rings is 1. The van der Waals surface area contributed by atoms with E-state index in [1.165, 1.54) is 36.8 Å². The van der Waals surface area contributed by atoms with Crippen LogP contribution in [-0.4, -0.2) is 44.3 Å². The number of ether oxygens (including phenoxy) is 1. The Morgan fingerprint density at radius 3 is 2.73 bits per heavy atom. The van der Waals surface area contributed by atoms with Crippen molar-refractivity contribution in [3.63, 3.8) is 0 Å². The third kappa shape index (κ3) is 7.39. The molecule has 2 rings (SSSR count). The number of methoxy groups -OCH3 is 1. The Hall–Kier alpha value is -0.890. The van der Waals surface area contributed by atoms with Gasteiger partial charge in [-0.1, -0.05) is 12.8 Å². The van der Waals surface area contributed by atoms with E-state index in [4.69, 9.17) is 9.73 Å². The summed E-state index contributed by atoms with van der Waals surface area (Å²) in [7, 11) is 1.79. The molecule has 1 aliphatic rings. The van der Waals surface area contributed by atoms with Crippen LogP contribution in [0, 0.1) is 12.3 Å². The zero-order chi connectivity index (χ0) is 18.0. The van der Waals surface area contributed by atoms with Crippen LogP contribution in [0.3, 0.4) is 0 Å². The molecule has 6 heteroatoms. The monoisotopic (exact) mass is 474 g/mol. The normalized spacial score (nSPS) is 16.2. The molecule has 0 radical (unpaired) electrons. The minimum absolute atomic E-state index is 0. The molecule has 1 heterocycles. The Morgan fingerprint density at radius 2 is 2.08 bits per heavy atom. The predicted octanol–water partition coefficient (Wildman–Crippen LogP) is 3.70. The summed E-state index contributed by atoms with van der Waals surface area (Å²) < 4.78 is 5.32. The number of nitrogens with one attached hydrogen (secondary N) is 2. The fraction of sp³-hybridized carbons (Fsp3) is 0.700. The molecule has 0 amide bonds. The summed E-state index contributed by atoms with van der Waals surface area (Å²) in [5, 5.41) is 6.86. The van der Waals surface area contributed by atoms with Crippen LogP contribution >= 0.6 is 24.0 Å². The number of guanidine groups is 1. The summed E-state index contributed by atoms with van der Waals surface area (Å²) >= 11 is 0. The molecule has 1 aliphatic carbocycles. The zero-order valence-electron chi connectivity index (χ0n) is 16.5. The molecule has 2 N–H and O–H groups in total. The Kier molecular flexibility index (Phi) is 11.1. The highest BCUT2D eigenvalue weighted by Gasteiger charge is 2.33. The van der Waals surface area contributed by atoms with E-state index in [0.29, 0.717) is 5.41 Å². The summed E-state index contributed by atoms with van der Waals surface area (Å²) in [6.07, 6.45) is 11.1. The van der Waals surface area contributed by atoms with E-state index in [0.717, 1.165) is 45.0 Å². The molecule has 26 heavy (non-hydrogen) atoms. The molecule has 0 unspecified atom stereocenters. The number of hydrogen-bond acceptors (Lipinski definition) is 3. The van der Waals surface area contributed by atoms with Gasteiger partial charge in [0.05, 0.1) is 0 Å². The summed E-state index contributed by atoms with van der Waals surface area (Å²) in [4.78, 5) is 9.06. The minimum atomic E-state index is 0. The van der Waals surface area contributed by atoms with Gasteiger partial charge in [0.25, 0.3) is 0 Å². The van der Waals surface area contributed by atoms with Gasteiger partial charge < -0.3 is 15.4 Å². The van der Waals surface area contributed by atoms with Gasteiger partial charge in [-0.15, -0.1) is 24.0 Å². The van der Waals surface area contributed by atoms with Crippen molar-refractivity contribution in [1.29, 1.82) is 0 Å². The minimum Gasteiger partial charge on any atom is -0.385 e. The summed E-state index contributed by atoms with van der Waals surface area (Å²) in [6.45, 7) is 7.70. The van der Waals surface area contributed by atoms with Gasteiger partial charge in [0.2, 0.25) is 0 Å². The maximum atomic E-state index is 5.32. The van der Waals surface area contributed by atoms with Crippen LogP contribution < -0.4 is 10.6 Å². The van der Waals surface area contributed by atoms with Gasteiger partial charge in [-0.2, -0.15) is 0 Å².